The van der Waals surface area contributed by atoms with Gasteiger partial charge in [0.2, 0.25) is 11.8 Å². The molecule has 1 fully saturated rings. The van der Waals surface area contributed by atoms with E-state index in [9.17, 15) is 9.59 Å². The molecule has 0 aliphatic carbocycles. The highest BCUT2D eigenvalue weighted by molar-refractivity contribution is 5.95. The van der Waals surface area contributed by atoms with Gasteiger partial charge in [-0.1, -0.05) is 0 Å². The number of rotatable bonds is 4. The second-order valence-corrected chi connectivity index (χ2v) is 5.12. The molecule has 1 aromatic heterocycles. The normalized spacial score (nSPS) is 14.0. The van der Waals surface area contributed by atoms with Crippen molar-refractivity contribution in [2.75, 3.05) is 18.6 Å². The van der Waals surface area contributed by atoms with Crippen LogP contribution in [-0.4, -0.2) is 30.5 Å². The lowest BCUT2D eigenvalue weighted by molar-refractivity contribution is -0.117. The van der Waals surface area contributed by atoms with Crippen molar-refractivity contribution >= 4 is 17.6 Å². The maximum atomic E-state index is 12.0. The first-order valence-electron chi connectivity index (χ1n) is 7.30. The molecule has 1 aromatic carbocycles. The van der Waals surface area contributed by atoms with Crippen molar-refractivity contribution in [1.82, 2.24) is 4.98 Å². The third-order valence-electron chi connectivity index (χ3n) is 3.61. The number of carbonyl (C=O) groups is 2. The summed E-state index contributed by atoms with van der Waals surface area (Å²) in [6.07, 6.45) is 2.86. The number of ether oxygens (including phenoxy) is 2. The molecule has 118 valence electrons. The van der Waals surface area contributed by atoms with E-state index in [-0.39, 0.29) is 5.91 Å². The van der Waals surface area contributed by atoms with Gasteiger partial charge in [-0.3, -0.25) is 4.79 Å². The summed E-state index contributed by atoms with van der Waals surface area (Å²) in [5, 5.41) is 0. The maximum absolute atomic E-state index is 12.0. The van der Waals surface area contributed by atoms with Crippen molar-refractivity contribution in [3.05, 3.63) is 48.2 Å². The van der Waals surface area contributed by atoms with Crippen LogP contribution in [0.4, 0.5) is 5.69 Å². The summed E-state index contributed by atoms with van der Waals surface area (Å²) in [6.45, 7) is 0.732. The number of hydrogen-bond donors (Lipinski definition) is 0. The number of methoxy groups -OCH3 is 1. The van der Waals surface area contributed by atoms with Crippen molar-refractivity contribution in [3.8, 4) is 11.6 Å². The third-order valence-corrected chi connectivity index (χ3v) is 3.61. The number of nitrogens with zero attached hydrogens (tertiary/aromatic N) is 2. The number of benzene rings is 1. The Kier molecular flexibility index (Phi) is 4.23. The molecular formula is C17H16N2O4. The summed E-state index contributed by atoms with van der Waals surface area (Å²) >= 11 is 0. The molecule has 0 N–H and O–H groups in total. The van der Waals surface area contributed by atoms with E-state index in [4.69, 9.17) is 9.47 Å². The minimum absolute atomic E-state index is 0.124. The zero-order valence-electron chi connectivity index (χ0n) is 12.7. The zero-order valence-corrected chi connectivity index (χ0v) is 12.7. The number of amides is 1. The summed E-state index contributed by atoms with van der Waals surface area (Å²) in [6, 6.07) is 10.1. The van der Waals surface area contributed by atoms with Crippen LogP contribution in [0.1, 0.15) is 23.2 Å². The molecule has 6 nitrogen and oxygen atoms in total. The van der Waals surface area contributed by atoms with Crippen molar-refractivity contribution in [2.45, 2.75) is 12.8 Å². The van der Waals surface area contributed by atoms with E-state index in [1.165, 1.54) is 13.3 Å². The van der Waals surface area contributed by atoms with Crippen LogP contribution in [0.15, 0.2) is 42.6 Å². The minimum Gasteiger partial charge on any atom is -0.481 e. The average molecular weight is 312 g/mol. The molecule has 2 heterocycles. The van der Waals surface area contributed by atoms with Crippen molar-refractivity contribution in [1.29, 1.82) is 0 Å². The standard InChI is InChI=1S/C17H16N2O4/c1-22-15-9-4-12(11-18-15)17(21)23-14-7-5-13(6-8-14)19-10-2-3-16(19)20/h4-9,11H,2-3,10H2,1H3. The number of aromatic nitrogens is 1. The average Bonchev–Trinajstić information content (AvgIpc) is 3.01. The fourth-order valence-corrected chi connectivity index (χ4v) is 2.40. The van der Waals surface area contributed by atoms with Crippen LogP contribution >= 0.6 is 0 Å². The lowest BCUT2D eigenvalue weighted by atomic mass is 10.2. The van der Waals surface area contributed by atoms with Crippen LogP contribution in [-0.2, 0) is 4.79 Å². The Labute approximate surface area is 133 Å². The van der Waals surface area contributed by atoms with Gasteiger partial charge in [-0.15, -0.1) is 0 Å². The van der Waals surface area contributed by atoms with E-state index in [1.807, 2.05) is 0 Å². The highest BCUT2D eigenvalue weighted by atomic mass is 16.5. The van der Waals surface area contributed by atoms with E-state index in [2.05, 4.69) is 4.98 Å². The predicted molar refractivity (Wildman–Crippen MR) is 83.8 cm³/mol. The molecule has 3 rings (SSSR count). The highest BCUT2D eigenvalue weighted by Gasteiger charge is 2.21. The third kappa shape index (κ3) is 3.31. The van der Waals surface area contributed by atoms with E-state index in [0.717, 1.165) is 18.7 Å². The molecule has 2 aromatic rings. The summed E-state index contributed by atoms with van der Waals surface area (Å²) < 4.78 is 10.2. The number of anilines is 1. The Morgan fingerprint density at radius 1 is 1.17 bits per heavy atom. The fraction of sp³-hybridized carbons (Fsp3) is 0.235. The van der Waals surface area contributed by atoms with Crippen LogP contribution < -0.4 is 14.4 Å². The van der Waals surface area contributed by atoms with Crippen molar-refractivity contribution < 1.29 is 19.1 Å². The minimum atomic E-state index is -0.495. The van der Waals surface area contributed by atoms with Gasteiger partial charge in [-0.2, -0.15) is 0 Å². The molecule has 1 aliphatic heterocycles. The topological polar surface area (TPSA) is 68.7 Å². The Bertz CT molecular complexity index is 710. The summed E-state index contributed by atoms with van der Waals surface area (Å²) in [5.74, 6) is 0.478. The van der Waals surface area contributed by atoms with Gasteiger partial charge < -0.3 is 14.4 Å². The lowest BCUT2D eigenvalue weighted by Crippen LogP contribution is -2.23. The van der Waals surface area contributed by atoms with Gasteiger partial charge in [0, 0.05) is 30.9 Å². The zero-order chi connectivity index (χ0) is 16.2. The first kappa shape index (κ1) is 15.0. The molecule has 23 heavy (non-hydrogen) atoms. The predicted octanol–water partition coefficient (Wildman–Crippen LogP) is 2.44. The quantitative estimate of drug-likeness (QED) is 0.640. The molecule has 1 aliphatic rings. The summed E-state index contributed by atoms with van der Waals surface area (Å²) in [7, 11) is 1.51. The molecular weight excluding hydrogens is 296 g/mol. The van der Waals surface area contributed by atoms with E-state index >= 15 is 0 Å². The van der Waals surface area contributed by atoms with Crippen LogP contribution in [0.2, 0.25) is 0 Å². The Morgan fingerprint density at radius 2 is 1.96 bits per heavy atom. The molecule has 0 unspecified atom stereocenters. The van der Waals surface area contributed by atoms with Crippen molar-refractivity contribution in [3.63, 3.8) is 0 Å². The molecule has 6 heteroatoms. The Balaban J connectivity index is 1.67. The van der Waals surface area contributed by atoms with Gasteiger partial charge in [0.05, 0.1) is 12.7 Å². The van der Waals surface area contributed by atoms with Gasteiger partial charge in [0.25, 0.3) is 0 Å². The number of hydrogen-bond acceptors (Lipinski definition) is 5. The Morgan fingerprint density at radius 3 is 2.52 bits per heavy atom. The summed E-state index contributed by atoms with van der Waals surface area (Å²) in [5.41, 5.74) is 1.16. The number of pyridine rings is 1. The SMILES string of the molecule is COc1ccc(C(=O)Oc2ccc(N3CCCC3=O)cc2)cn1. The molecule has 0 saturated carbocycles. The second kappa shape index (κ2) is 6.48. The van der Waals surface area contributed by atoms with Gasteiger partial charge >= 0.3 is 5.97 Å². The fourth-order valence-electron chi connectivity index (χ4n) is 2.40. The van der Waals surface area contributed by atoms with Crippen LogP contribution in [0, 0.1) is 0 Å². The van der Waals surface area contributed by atoms with E-state index in [0.29, 0.717) is 23.6 Å². The number of esters is 1. The first-order valence-corrected chi connectivity index (χ1v) is 7.30. The van der Waals surface area contributed by atoms with Crippen LogP contribution in [0.3, 0.4) is 0 Å². The Hall–Kier alpha value is -2.89. The molecule has 1 saturated heterocycles. The van der Waals surface area contributed by atoms with Gasteiger partial charge in [0.1, 0.15) is 5.75 Å². The maximum Gasteiger partial charge on any atom is 0.345 e. The molecule has 0 bridgehead atoms. The number of carbonyl (C=O) groups excluding carboxylic acids is 2. The second-order valence-electron chi connectivity index (χ2n) is 5.12. The monoisotopic (exact) mass is 312 g/mol. The van der Waals surface area contributed by atoms with Gasteiger partial charge in [-0.25, -0.2) is 9.78 Å². The highest BCUT2D eigenvalue weighted by Crippen LogP contribution is 2.24. The smallest absolute Gasteiger partial charge is 0.345 e. The van der Waals surface area contributed by atoms with E-state index < -0.39 is 5.97 Å². The first-order chi connectivity index (χ1) is 11.2. The van der Waals surface area contributed by atoms with Gasteiger partial charge in [-0.05, 0) is 36.8 Å². The van der Waals surface area contributed by atoms with E-state index in [1.54, 1.807) is 41.3 Å². The molecule has 0 spiro atoms. The summed E-state index contributed by atoms with van der Waals surface area (Å²) in [4.78, 5) is 29.4. The molecule has 1 amide bonds. The van der Waals surface area contributed by atoms with Crippen LogP contribution in [0.5, 0.6) is 11.6 Å². The van der Waals surface area contributed by atoms with Crippen LogP contribution in [0.25, 0.3) is 0 Å². The lowest BCUT2D eigenvalue weighted by Gasteiger charge is -2.15. The van der Waals surface area contributed by atoms with Gasteiger partial charge in [0.15, 0.2) is 0 Å². The van der Waals surface area contributed by atoms with Crippen molar-refractivity contribution in [2.24, 2.45) is 0 Å². The molecule has 0 radical (unpaired) electrons. The molecule has 0 atom stereocenters. The largest absolute Gasteiger partial charge is 0.481 e.